The summed E-state index contributed by atoms with van der Waals surface area (Å²) in [5.74, 6) is -0.773. The molecule has 0 aromatic heterocycles. The summed E-state index contributed by atoms with van der Waals surface area (Å²) in [4.78, 5) is 23.4. The van der Waals surface area contributed by atoms with Crippen molar-refractivity contribution in [3.8, 4) is 0 Å². The van der Waals surface area contributed by atoms with Gasteiger partial charge in [-0.1, -0.05) is 0 Å². The smallest absolute Gasteiger partial charge is 0.284 e. The molecule has 1 aromatic carbocycles. The lowest BCUT2D eigenvalue weighted by Gasteiger charge is -2.17. The van der Waals surface area contributed by atoms with E-state index in [1.54, 1.807) is 6.07 Å². The van der Waals surface area contributed by atoms with E-state index in [1.165, 1.54) is 12.1 Å². The number of nitrogens with two attached hydrogens (primary N) is 1. The molecule has 0 aliphatic carbocycles. The summed E-state index contributed by atoms with van der Waals surface area (Å²) in [6.45, 7) is 1.79. The zero-order valence-electron chi connectivity index (χ0n) is 9.26. The number of hydrogen-bond acceptors (Lipinski definition) is 4. The van der Waals surface area contributed by atoms with Crippen LogP contribution in [0.25, 0.3) is 0 Å². The van der Waals surface area contributed by atoms with Crippen LogP contribution in [0.2, 0.25) is 0 Å². The number of carbonyl (C=O) groups excluding carboxylic acids is 1. The molecule has 90 valence electrons. The highest BCUT2D eigenvalue weighted by molar-refractivity contribution is 5.97. The Morgan fingerprint density at radius 3 is 2.53 bits per heavy atom. The molecule has 0 radical (unpaired) electrons. The summed E-state index contributed by atoms with van der Waals surface area (Å²) in [6, 6.07) is 4.55. The molecule has 0 spiro atoms. The van der Waals surface area contributed by atoms with Crippen molar-refractivity contribution in [2.45, 2.75) is 12.8 Å². The second-order valence-corrected chi connectivity index (χ2v) is 4.02. The van der Waals surface area contributed by atoms with Gasteiger partial charge in [-0.2, -0.15) is 0 Å². The zero-order chi connectivity index (χ0) is 12.4. The average Bonchev–Trinajstić information content (AvgIpc) is 2.81. The summed E-state index contributed by atoms with van der Waals surface area (Å²) in [7, 11) is 0. The highest BCUT2D eigenvalue weighted by atomic mass is 16.6. The fourth-order valence-electron chi connectivity index (χ4n) is 2.05. The predicted molar refractivity (Wildman–Crippen MR) is 63.1 cm³/mol. The standard InChI is InChI=1S/C11H13N3O3/c12-11(15)9-4-3-8(7-10(9)14(16)17)13-5-1-2-6-13/h3-4,7H,1-2,5-6H2,(H2,12,15). The van der Waals surface area contributed by atoms with Crippen molar-refractivity contribution in [3.05, 3.63) is 33.9 Å². The summed E-state index contributed by atoms with van der Waals surface area (Å²) < 4.78 is 0. The number of rotatable bonds is 3. The fourth-order valence-corrected chi connectivity index (χ4v) is 2.05. The number of hydrogen-bond donors (Lipinski definition) is 1. The number of primary amides is 1. The maximum atomic E-state index is 11.1. The molecule has 1 fully saturated rings. The number of benzene rings is 1. The predicted octanol–water partition coefficient (Wildman–Crippen LogP) is 1.29. The van der Waals surface area contributed by atoms with E-state index in [-0.39, 0.29) is 11.3 Å². The summed E-state index contributed by atoms with van der Waals surface area (Å²) in [5.41, 5.74) is 5.61. The van der Waals surface area contributed by atoms with Gasteiger partial charge in [-0.05, 0) is 25.0 Å². The van der Waals surface area contributed by atoms with Crippen LogP contribution in [-0.4, -0.2) is 23.9 Å². The molecule has 0 saturated carbocycles. The minimum absolute atomic E-state index is 0.0436. The van der Waals surface area contributed by atoms with Gasteiger partial charge in [0.1, 0.15) is 5.56 Å². The molecule has 1 amide bonds. The van der Waals surface area contributed by atoms with E-state index in [4.69, 9.17) is 5.73 Å². The number of amides is 1. The van der Waals surface area contributed by atoms with E-state index in [9.17, 15) is 14.9 Å². The van der Waals surface area contributed by atoms with Gasteiger partial charge in [-0.25, -0.2) is 0 Å². The van der Waals surface area contributed by atoms with Crippen LogP contribution in [0.5, 0.6) is 0 Å². The van der Waals surface area contributed by atoms with Crippen LogP contribution < -0.4 is 10.6 Å². The topological polar surface area (TPSA) is 89.5 Å². The highest BCUT2D eigenvalue weighted by Crippen LogP contribution is 2.27. The Hall–Kier alpha value is -2.11. The Bertz CT molecular complexity index is 467. The number of nitrogens with zero attached hydrogens (tertiary/aromatic N) is 2. The molecule has 17 heavy (non-hydrogen) atoms. The first-order valence-corrected chi connectivity index (χ1v) is 5.43. The molecule has 1 saturated heterocycles. The molecule has 6 nitrogen and oxygen atoms in total. The molecular formula is C11H13N3O3. The van der Waals surface area contributed by atoms with Gasteiger partial charge in [-0.15, -0.1) is 0 Å². The van der Waals surface area contributed by atoms with Gasteiger partial charge in [0.2, 0.25) is 0 Å². The summed E-state index contributed by atoms with van der Waals surface area (Å²) >= 11 is 0. The largest absolute Gasteiger partial charge is 0.371 e. The van der Waals surface area contributed by atoms with Crippen molar-refractivity contribution in [3.63, 3.8) is 0 Å². The maximum Gasteiger partial charge on any atom is 0.284 e. The molecule has 1 aliphatic rings. The van der Waals surface area contributed by atoms with Crippen molar-refractivity contribution in [1.82, 2.24) is 0 Å². The quantitative estimate of drug-likeness (QED) is 0.631. The van der Waals surface area contributed by atoms with Crippen molar-refractivity contribution >= 4 is 17.3 Å². The van der Waals surface area contributed by atoms with Crippen molar-refractivity contribution in [2.24, 2.45) is 5.73 Å². The van der Waals surface area contributed by atoms with Gasteiger partial charge in [-0.3, -0.25) is 14.9 Å². The van der Waals surface area contributed by atoms with E-state index in [2.05, 4.69) is 4.90 Å². The summed E-state index contributed by atoms with van der Waals surface area (Å²) in [6.07, 6.45) is 2.18. The minimum atomic E-state index is -0.773. The fraction of sp³-hybridized carbons (Fsp3) is 0.364. The monoisotopic (exact) mass is 235 g/mol. The van der Waals surface area contributed by atoms with E-state index in [0.717, 1.165) is 31.6 Å². The van der Waals surface area contributed by atoms with E-state index < -0.39 is 10.8 Å². The second kappa shape index (κ2) is 4.40. The van der Waals surface area contributed by atoms with Gasteiger partial charge in [0.15, 0.2) is 0 Å². The van der Waals surface area contributed by atoms with Gasteiger partial charge in [0.25, 0.3) is 11.6 Å². The van der Waals surface area contributed by atoms with Crippen LogP contribution in [0.1, 0.15) is 23.2 Å². The molecule has 2 N–H and O–H groups in total. The van der Waals surface area contributed by atoms with Crippen molar-refractivity contribution in [1.29, 1.82) is 0 Å². The molecule has 2 rings (SSSR count). The van der Waals surface area contributed by atoms with Crippen LogP contribution in [-0.2, 0) is 0 Å². The minimum Gasteiger partial charge on any atom is -0.371 e. The third-order valence-electron chi connectivity index (χ3n) is 2.91. The maximum absolute atomic E-state index is 11.1. The third-order valence-corrected chi connectivity index (χ3v) is 2.91. The van der Waals surface area contributed by atoms with Gasteiger partial charge in [0, 0.05) is 24.8 Å². The molecular weight excluding hydrogens is 222 g/mol. The number of anilines is 1. The highest BCUT2D eigenvalue weighted by Gasteiger charge is 2.21. The van der Waals surface area contributed by atoms with Crippen molar-refractivity contribution in [2.75, 3.05) is 18.0 Å². The average molecular weight is 235 g/mol. The molecule has 6 heteroatoms. The Kier molecular flexibility index (Phi) is 2.95. The Balaban J connectivity index is 2.41. The molecule has 0 bridgehead atoms. The number of nitro benzene ring substituents is 1. The van der Waals surface area contributed by atoms with Crippen LogP contribution >= 0.6 is 0 Å². The second-order valence-electron chi connectivity index (χ2n) is 4.02. The van der Waals surface area contributed by atoms with Gasteiger partial charge >= 0.3 is 0 Å². The first kappa shape index (κ1) is 11.4. The Labute approximate surface area is 98.2 Å². The lowest BCUT2D eigenvalue weighted by Crippen LogP contribution is -2.19. The molecule has 0 unspecified atom stereocenters. The normalized spacial score (nSPS) is 14.9. The summed E-state index contributed by atoms with van der Waals surface area (Å²) in [5, 5.41) is 10.9. The zero-order valence-corrected chi connectivity index (χ0v) is 9.26. The van der Waals surface area contributed by atoms with Crippen molar-refractivity contribution < 1.29 is 9.72 Å². The molecule has 1 aliphatic heterocycles. The van der Waals surface area contributed by atoms with Gasteiger partial charge < -0.3 is 10.6 Å². The molecule has 1 heterocycles. The molecule has 1 aromatic rings. The first-order valence-electron chi connectivity index (χ1n) is 5.43. The lowest BCUT2D eigenvalue weighted by atomic mass is 10.1. The molecule has 0 atom stereocenters. The van der Waals surface area contributed by atoms with Crippen LogP contribution in [0.3, 0.4) is 0 Å². The lowest BCUT2D eigenvalue weighted by molar-refractivity contribution is -0.385. The SMILES string of the molecule is NC(=O)c1ccc(N2CCCC2)cc1[N+](=O)[O-]. The van der Waals surface area contributed by atoms with E-state index in [0.29, 0.717) is 0 Å². The Morgan fingerprint density at radius 2 is 2.00 bits per heavy atom. The number of nitro groups is 1. The number of carbonyl (C=O) groups is 1. The van der Waals surface area contributed by atoms with Crippen LogP contribution in [0, 0.1) is 10.1 Å². The van der Waals surface area contributed by atoms with E-state index >= 15 is 0 Å². The Morgan fingerprint density at radius 1 is 1.35 bits per heavy atom. The van der Waals surface area contributed by atoms with E-state index in [1.807, 2.05) is 0 Å². The third kappa shape index (κ3) is 2.20. The van der Waals surface area contributed by atoms with Crippen LogP contribution in [0.4, 0.5) is 11.4 Å². The van der Waals surface area contributed by atoms with Gasteiger partial charge in [0.05, 0.1) is 4.92 Å². The first-order chi connectivity index (χ1) is 8.09. The van der Waals surface area contributed by atoms with Crippen LogP contribution in [0.15, 0.2) is 18.2 Å².